The molecule has 0 aliphatic carbocycles. The Morgan fingerprint density at radius 2 is 1.50 bits per heavy atom. The summed E-state index contributed by atoms with van der Waals surface area (Å²) >= 11 is 0. The molecule has 6 aromatic rings. The van der Waals surface area contributed by atoms with Crippen molar-refractivity contribution in [2.24, 2.45) is 0 Å². The molecule has 0 radical (unpaired) electrons. The summed E-state index contributed by atoms with van der Waals surface area (Å²) in [5, 5.41) is 3.94. The van der Waals surface area contributed by atoms with Crippen molar-refractivity contribution >= 4 is 44.0 Å². The Morgan fingerprint density at radius 1 is 0.654 bits per heavy atom. The van der Waals surface area contributed by atoms with Crippen LogP contribution in [0.25, 0.3) is 55.4 Å². The third-order valence-electron chi connectivity index (χ3n) is 4.77. The van der Waals surface area contributed by atoms with Crippen molar-refractivity contribution in [3.8, 4) is 11.4 Å². The maximum absolute atomic E-state index is 6.18. The lowest BCUT2D eigenvalue weighted by Gasteiger charge is -1.98. The Balaban J connectivity index is 1.72. The van der Waals surface area contributed by atoms with E-state index in [9.17, 15) is 0 Å². The van der Waals surface area contributed by atoms with Gasteiger partial charge in [-0.3, -0.25) is 0 Å². The van der Waals surface area contributed by atoms with Gasteiger partial charge in [-0.15, -0.1) is 0 Å². The molecule has 4 heteroatoms. The summed E-state index contributed by atoms with van der Waals surface area (Å²) in [6, 6.07) is 21.9. The van der Waals surface area contributed by atoms with E-state index in [1.54, 1.807) is 0 Å². The van der Waals surface area contributed by atoms with Gasteiger partial charge in [-0.25, -0.2) is 4.98 Å². The van der Waals surface area contributed by atoms with Crippen LogP contribution in [0.2, 0.25) is 0 Å². The molecule has 0 aliphatic rings. The molecule has 0 aliphatic heterocycles. The van der Waals surface area contributed by atoms with Crippen LogP contribution in [0, 0.1) is 0 Å². The molecule has 0 spiro atoms. The molecule has 122 valence electrons. The van der Waals surface area contributed by atoms with Gasteiger partial charge in [0.15, 0.2) is 5.82 Å². The number of rotatable bonds is 1. The Labute approximate surface area is 147 Å². The fourth-order valence-electron chi connectivity index (χ4n) is 3.56. The molecule has 3 aromatic carbocycles. The molecule has 0 unspecified atom stereocenters. The summed E-state index contributed by atoms with van der Waals surface area (Å²) in [5.74, 6) is 0.658. The van der Waals surface area contributed by atoms with Crippen LogP contribution in [-0.2, 0) is 0 Å². The lowest BCUT2D eigenvalue weighted by atomic mass is 10.1. The van der Waals surface area contributed by atoms with Crippen LogP contribution in [-0.4, -0.2) is 9.97 Å². The van der Waals surface area contributed by atoms with Gasteiger partial charge in [0.2, 0.25) is 5.71 Å². The van der Waals surface area contributed by atoms with Crippen LogP contribution in [0.5, 0.6) is 0 Å². The van der Waals surface area contributed by atoms with E-state index in [2.05, 4.69) is 16.0 Å². The van der Waals surface area contributed by atoms with E-state index in [-0.39, 0.29) is 0 Å². The first-order valence-electron chi connectivity index (χ1n) is 8.43. The van der Waals surface area contributed by atoms with Crippen molar-refractivity contribution in [3.05, 3.63) is 72.9 Å². The molecule has 6 rings (SSSR count). The molecule has 0 amide bonds. The van der Waals surface area contributed by atoms with Crippen LogP contribution in [0.1, 0.15) is 0 Å². The van der Waals surface area contributed by atoms with E-state index in [1.165, 1.54) is 0 Å². The topological polar surface area (TPSA) is 52.1 Å². The number of hydrogen-bond acceptors (Lipinski definition) is 4. The second-order valence-corrected chi connectivity index (χ2v) is 6.29. The van der Waals surface area contributed by atoms with E-state index < -0.39 is 0 Å². The first kappa shape index (κ1) is 13.6. The number of nitrogens with zero attached hydrogens (tertiary/aromatic N) is 2. The minimum absolute atomic E-state index is 0.589. The van der Waals surface area contributed by atoms with Crippen LogP contribution >= 0.6 is 0 Å². The molecule has 0 bridgehead atoms. The number of benzene rings is 3. The number of furan rings is 2. The average Bonchev–Trinajstić information content (AvgIpc) is 3.25. The van der Waals surface area contributed by atoms with Crippen molar-refractivity contribution in [1.29, 1.82) is 0 Å². The highest BCUT2D eigenvalue weighted by atomic mass is 16.3. The van der Waals surface area contributed by atoms with Gasteiger partial charge < -0.3 is 8.83 Å². The second kappa shape index (κ2) is 4.92. The highest BCUT2D eigenvalue weighted by molar-refractivity contribution is 6.21. The zero-order chi connectivity index (χ0) is 17.1. The second-order valence-electron chi connectivity index (χ2n) is 6.29. The SMILES string of the molecule is c1ccc(-c2ncc3c(n2)oc2c3ccc3oc4ccccc4c32)cc1. The zero-order valence-corrected chi connectivity index (χ0v) is 13.6. The van der Waals surface area contributed by atoms with E-state index >= 15 is 0 Å². The Hall–Kier alpha value is -3.66. The first-order valence-corrected chi connectivity index (χ1v) is 8.43. The van der Waals surface area contributed by atoms with E-state index in [4.69, 9.17) is 8.83 Å². The van der Waals surface area contributed by atoms with Crippen LogP contribution in [0.4, 0.5) is 0 Å². The predicted molar refractivity (Wildman–Crippen MR) is 102 cm³/mol. The Kier molecular flexibility index (Phi) is 2.58. The van der Waals surface area contributed by atoms with Crippen LogP contribution < -0.4 is 0 Å². The standard InChI is InChI=1S/C22H12N2O2/c1-2-6-13(7-3-1)21-23-12-16-14-10-11-18-19(20(14)26-22(16)24-21)15-8-4-5-9-17(15)25-18/h1-12H. The monoisotopic (exact) mass is 336 g/mol. The Bertz CT molecular complexity index is 1430. The van der Waals surface area contributed by atoms with E-state index in [0.29, 0.717) is 11.5 Å². The summed E-state index contributed by atoms with van der Waals surface area (Å²) in [4.78, 5) is 9.18. The van der Waals surface area contributed by atoms with Crippen molar-refractivity contribution < 1.29 is 8.83 Å². The maximum atomic E-state index is 6.18. The minimum Gasteiger partial charge on any atom is -0.456 e. The van der Waals surface area contributed by atoms with Gasteiger partial charge in [-0.1, -0.05) is 48.5 Å². The molecule has 4 nitrogen and oxygen atoms in total. The lowest BCUT2D eigenvalue weighted by molar-refractivity contribution is 0.653. The van der Waals surface area contributed by atoms with Gasteiger partial charge in [-0.05, 0) is 18.2 Å². The fraction of sp³-hybridized carbons (Fsp3) is 0. The quantitative estimate of drug-likeness (QED) is 0.373. The van der Waals surface area contributed by atoms with Gasteiger partial charge in [-0.2, -0.15) is 4.98 Å². The van der Waals surface area contributed by atoms with E-state index in [1.807, 2.05) is 66.9 Å². The number of aromatic nitrogens is 2. The van der Waals surface area contributed by atoms with E-state index in [0.717, 1.165) is 43.9 Å². The lowest BCUT2D eigenvalue weighted by Crippen LogP contribution is -1.87. The normalized spacial score (nSPS) is 11.8. The molecule has 3 heterocycles. The summed E-state index contributed by atoms with van der Waals surface area (Å²) in [6.07, 6.45) is 1.84. The van der Waals surface area contributed by atoms with Gasteiger partial charge in [0.1, 0.15) is 16.7 Å². The van der Waals surface area contributed by atoms with Gasteiger partial charge >= 0.3 is 0 Å². The van der Waals surface area contributed by atoms with Crippen molar-refractivity contribution in [2.45, 2.75) is 0 Å². The number of hydrogen-bond donors (Lipinski definition) is 0. The largest absolute Gasteiger partial charge is 0.456 e. The molecule has 0 fully saturated rings. The van der Waals surface area contributed by atoms with Crippen LogP contribution in [0.3, 0.4) is 0 Å². The summed E-state index contributed by atoms with van der Waals surface area (Å²) in [6.45, 7) is 0. The van der Waals surface area contributed by atoms with Crippen LogP contribution in [0.15, 0.2) is 81.8 Å². The summed E-state index contributed by atoms with van der Waals surface area (Å²) in [7, 11) is 0. The smallest absolute Gasteiger partial charge is 0.230 e. The highest BCUT2D eigenvalue weighted by Gasteiger charge is 2.17. The molecule has 0 saturated heterocycles. The number of para-hydroxylation sites is 1. The predicted octanol–water partition coefficient (Wildman–Crippen LogP) is 5.94. The molecular formula is C22H12N2O2. The third-order valence-corrected chi connectivity index (χ3v) is 4.77. The molecule has 0 saturated carbocycles. The van der Waals surface area contributed by atoms with Gasteiger partial charge in [0.05, 0.1) is 10.8 Å². The third kappa shape index (κ3) is 1.78. The molecular weight excluding hydrogens is 324 g/mol. The Morgan fingerprint density at radius 3 is 2.42 bits per heavy atom. The average molecular weight is 336 g/mol. The summed E-state index contributed by atoms with van der Waals surface area (Å²) in [5.41, 5.74) is 4.02. The summed E-state index contributed by atoms with van der Waals surface area (Å²) < 4.78 is 12.1. The van der Waals surface area contributed by atoms with Gasteiger partial charge in [0, 0.05) is 22.5 Å². The molecule has 0 atom stereocenters. The van der Waals surface area contributed by atoms with Gasteiger partial charge in [0.25, 0.3) is 0 Å². The first-order chi connectivity index (χ1) is 12.9. The number of fused-ring (bicyclic) bond motifs is 7. The fourth-order valence-corrected chi connectivity index (χ4v) is 3.56. The van der Waals surface area contributed by atoms with Crippen molar-refractivity contribution in [1.82, 2.24) is 9.97 Å². The highest BCUT2D eigenvalue weighted by Crippen LogP contribution is 2.38. The molecule has 3 aromatic heterocycles. The molecule has 26 heavy (non-hydrogen) atoms. The zero-order valence-electron chi connectivity index (χ0n) is 13.6. The molecule has 0 N–H and O–H groups in total. The van der Waals surface area contributed by atoms with Crippen molar-refractivity contribution in [3.63, 3.8) is 0 Å². The minimum atomic E-state index is 0.589. The maximum Gasteiger partial charge on any atom is 0.230 e. The van der Waals surface area contributed by atoms with Crippen molar-refractivity contribution in [2.75, 3.05) is 0 Å².